The summed E-state index contributed by atoms with van der Waals surface area (Å²) in [6.45, 7) is 0. The van der Waals surface area contributed by atoms with Gasteiger partial charge in [0.25, 0.3) is 5.91 Å². The van der Waals surface area contributed by atoms with Crippen LogP contribution in [0.2, 0.25) is 0 Å². The number of anilines is 2. The number of benzene rings is 2. The molecular formula is C14H16N2O3. The fourth-order valence-electron chi connectivity index (χ4n) is 1.63. The van der Waals surface area contributed by atoms with Crippen LogP contribution in [0.4, 0.5) is 11.4 Å². The average Bonchev–Trinajstić information content (AvgIpc) is 2.41. The van der Waals surface area contributed by atoms with Gasteiger partial charge in [-0.25, -0.2) is 4.79 Å². The summed E-state index contributed by atoms with van der Waals surface area (Å²) in [5.74, 6) is -1.61. The number of carboxylic acids is 1. The third-order valence-electron chi connectivity index (χ3n) is 2.57. The molecule has 2 rings (SSSR count). The molecule has 0 aliphatic rings. The second-order valence-electron chi connectivity index (χ2n) is 3.93. The van der Waals surface area contributed by atoms with Gasteiger partial charge in [-0.1, -0.05) is 12.1 Å². The van der Waals surface area contributed by atoms with Gasteiger partial charge in [-0.05, 0) is 36.4 Å². The normalized spacial score (nSPS) is 9.89. The average molecular weight is 260 g/mol. The van der Waals surface area contributed by atoms with E-state index in [-0.39, 0.29) is 14.0 Å². The van der Waals surface area contributed by atoms with Gasteiger partial charge < -0.3 is 16.2 Å². The Labute approximate surface area is 112 Å². The highest BCUT2D eigenvalue weighted by Gasteiger charge is 2.15. The molecule has 2 aromatic rings. The van der Waals surface area contributed by atoms with E-state index in [1.807, 2.05) is 0 Å². The summed E-state index contributed by atoms with van der Waals surface area (Å²) in [4.78, 5) is 23.0. The molecule has 2 aromatic carbocycles. The Kier molecular flexibility index (Phi) is 3.47. The van der Waals surface area contributed by atoms with Crippen LogP contribution in [0, 0.1) is 0 Å². The summed E-state index contributed by atoms with van der Waals surface area (Å²) < 4.78 is 0. The summed E-state index contributed by atoms with van der Waals surface area (Å²) in [6, 6.07) is 12.6. The van der Waals surface area contributed by atoms with E-state index in [1.54, 1.807) is 36.4 Å². The maximum Gasteiger partial charge on any atom is 0.336 e. The monoisotopic (exact) mass is 260 g/mol. The quantitative estimate of drug-likeness (QED) is 0.740. The van der Waals surface area contributed by atoms with Crippen LogP contribution in [0.1, 0.15) is 23.6 Å². The Bertz CT molecular complexity index is 630. The molecule has 0 fully saturated rings. The molecule has 0 saturated heterocycles. The lowest BCUT2D eigenvalue weighted by Crippen LogP contribution is -2.16. The van der Waals surface area contributed by atoms with Crippen LogP contribution in [-0.2, 0) is 0 Å². The Morgan fingerprint density at radius 2 is 1.58 bits per heavy atom. The first-order chi connectivity index (χ1) is 9.08. The summed E-state index contributed by atoms with van der Waals surface area (Å²) in [6.07, 6.45) is 0. The summed E-state index contributed by atoms with van der Waals surface area (Å²) in [7, 11) is 0. The number of hydrogen-bond donors (Lipinski definition) is 3. The predicted octanol–water partition coefficient (Wildman–Crippen LogP) is 2.71. The molecule has 0 aromatic heterocycles. The molecule has 100 valence electrons. The molecule has 1 amide bonds. The van der Waals surface area contributed by atoms with Gasteiger partial charge in [0.05, 0.1) is 11.1 Å². The van der Waals surface area contributed by atoms with Gasteiger partial charge in [0.2, 0.25) is 0 Å². The molecule has 0 atom stereocenters. The standard InChI is InChI=1S/C14H12N2O3.2H2/c15-9-5-7-10(8-6-9)16-13(17)11-3-1-2-4-12(11)14(18)19;;/h1-8H,15H2,(H,16,17)(H,18,19);2*1H. The van der Waals surface area contributed by atoms with Crippen molar-refractivity contribution >= 4 is 23.3 Å². The first-order valence-electron chi connectivity index (χ1n) is 5.57. The minimum Gasteiger partial charge on any atom is -0.478 e. The second-order valence-corrected chi connectivity index (χ2v) is 3.93. The number of rotatable bonds is 3. The van der Waals surface area contributed by atoms with Gasteiger partial charge in [0.1, 0.15) is 0 Å². The predicted molar refractivity (Wildman–Crippen MR) is 76.4 cm³/mol. The number of carbonyl (C=O) groups is 2. The van der Waals surface area contributed by atoms with E-state index in [0.717, 1.165) is 0 Å². The Balaban J connectivity index is 0.00000200. The summed E-state index contributed by atoms with van der Waals surface area (Å²) in [5.41, 5.74) is 6.77. The van der Waals surface area contributed by atoms with E-state index >= 15 is 0 Å². The number of nitrogens with two attached hydrogens (primary N) is 1. The third kappa shape index (κ3) is 2.90. The number of aromatic carboxylic acids is 1. The number of carbonyl (C=O) groups excluding carboxylic acids is 1. The Hall–Kier alpha value is -2.82. The van der Waals surface area contributed by atoms with Crippen LogP contribution in [0.5, 0.6) is 0 Å². The van der Waals surface area contributed by atoms with Crippen molar-refractivity contribution in [2.45, 2.75) is 0 Å². The highest BCUT2D eigenvalue weighted by atomic mass is 16.4. The number of amides is 1. The largest absolute Gasteiger partial charge is 0.478 e. The zero-order chi connectivity index (χ0) is 13.8. The topological polar surface area (TPSA) is 92.4 Å². The second kappa shape index (κ2) is 5.22. The van der Waals surface area contributed by atoms with Gasteiger partial charge in [0.15, 0.2) is 0 Å². The Morgan fingerprint density at radius 1 is 1.00 bits per heavy atom. The highest BCUT2D eigenvalue weighted by Crippen LogP contribution is 2.14. The molecule has 0 radical (unpaired) electrons. The zero-order valence-corrected chi connectivity index (χ0v) is 9.96. The number of nitrogens with one attached hydrogen (secondary N) is 1. The van der Waals surface area contributed by atoms with Crippen molar-refractivity contribution in [2.24, 2.45) is 0 Å². The third-order valence-corrected chi connectivity index (χ3v) is 2.57. The van der Waals surface area contributed by atoms with Crippen molar-refractivity contribution in [3.8, 4) is 0 Å². The van der Waals surface area contributed by atoms with Gasteiger partial charge >= 0.3 is 5.97 Å². The van der Waals surface area contributed by atoms with Crippen molar-refractivity contribution < 1.29 is 17.5 Å². The van der Waals surface area contributed by atoms with Crippen LogP contribution < -0.4 is 11.1 Å². The Morgan fingerprint density at radius 3 is 2.16 bits per heavy atom. The lowest BCUT2D eigenvalue weighted by atomic mass is 10.1. The van der Waals surface area contributed by atoms with Crippen molar-refractivity contribution in [3.63, 3.8) is 0 Å². The molecule has 0 aliphatic carbocycles. The molecule has 0 bridgehead atoms. The van der Waals surface area contributed by atoms with Gasteiger partial charge in [-0.3, -0.25) is 4.79 Å². The number of carboxylic acid groups (broad SMARTS) is 1. The van der Waals surface area contributed by atoms with Crippen LogP contribution in [0.3, 0.4) is 0 Å². The molecule has 0 saturated carbocycles. The van der Waals surface area contributed by atoms with Gasteiger partial charge in [-0.2, -0.15) is 0 Å². The van der Waals surface area contributed by atoms with Crippen molar-refractivity contribution in [1.29, 1.82) is 0 Å². The SMILES string of the molecule is Nc1ccc(NC(=O)c2ccccc2C(=O)O)cc1.[HH].[HH]. The van der Waals surface area contributed by atoms with E-state index in [1.165, 1.54) is 12.1 Å². The van der Waals surface area contributed by atoms with Crippen molar-refractivity contribution in [3.05, 3.63) is 59.7 Å². The summed E-state index contributed by atoms with van der Waals surface area (Å²) in [5, 5.41) is 11.6. The first-order valence-corrected chi connectivity index (χ1v) is 5.57. The van der Waals surface area contributed by atoms with E-state index in [0.29, 0.717) is 11.4 Å². The number of hydrogen-bond acceptors (Lipinski definition) is 3. The minimum absolute atomic E-state index is 0. The molecule has 5 nitrogen and oxygen atoms in total. The van der Waals surface area contributed by atoms with E-state index in [9.17, 15) is 9.59 Å². The maximum atomic E-state index is 12.0. The molecule has 19 heavy (non-hydrogen) atoms. The lowest BCUT2D eigenvalue weighted by Gasteiger charge is -2.07. The lowest BCUT2D eigenvalue weighted by molar-refractivity contribution is 0.0692. The molecule has 0 heterocycles. The molecule has 4 N–H and O–H groups in total. The maximum absolute atomic E-state index is 12.0. The van der Waals surface area contributed by atoms with Gasteiger partial charge in [0, 0.05) is 14.2 Å². The molecular weight excluding hydrogens is 244 g/mol. The molecule has 0 spiro atoms. The minimum atomic E-state index is -1.14. The van der Waals surface area contributed by atoms with E-state index < -0.39 is 11.9 Å². The van der Waals surface area contributed by atoms with Crippen molar-refractivity contribution in [1.82, 2.24) is 0 Å². The van der Waals surface area contributed by atoms with E-state index in [4.69, 9.17) is 10.8 Å². The van der Waals surface area contributed by atoms with Gasteiger partial charge in [-0.15, -0.1) is 0 Å². The van der Waals surface area contributed by atoms with Crippen LogP contribution in [0.15, 0.2) is 48.5 Å². The van der Waals surface area contributed by atoms with Crippen LogP contribution >= 0.6 is 0 Å². The van der Waals surface area contributed by atoms with E-state index in [2.05, 4.69) is 5.32 Å². The van der Waals surface area contributed by atoms with Crippen LogP contribution in [0.25, 0.3) is 0 Å². The summed E-state index contributed by atoms with van der Waals surface area (Å²) >= 11 is 0. The smallest absolute Gasteiger partial charge is 0.336 e. The first kappa shape index (κ1) is 12.6. The fourth-order valence-corrected chi connectivity index (χ4v) is 1.63. The zero-order valence-electron chi connectivity index (χ0n) is 9.96. The molecule has 0 unspecified atom stereocenters. The van der Waals surface area contributed by atoms with Crippen molar-refractivity contribution in [2.75, 3.05) is 11.1 Å². The fraction of sp³-hybridized carbons (Fsp3) is 0. The van der Waals surface area contributed by atoms with Crippen LogP contribution in [-0.4, -0.2) is 17.0 Å². The number of nitrogen functional groups attached to an aromatic ring is 1. The molecule has 5 heteroatoms. The molecule has 0 aliphatic heterocycles. The highest BCUT2D eigenvalue weighted by molar-refractivity contribution is 6.10.